The van der Waals surface area contributed by atoms with Crippen LogP contribution in [0.3, 0.4) is 0 Å². The molecule has 0 spiro atoms. The van der Waals surface area contributed by atoms with Gasteiger partial charge < -0.3 is 15.2 Å². The average Bonchev–Trinajstić information content (AvgIpc) is 2.49. The first kappa shape index (κ1) is 17.1. The van der Waals surface area contributed by atoms with Crippen LogP contribution in [0.5, 0.6) is 5.75 Å². The highest BCUT2D eigenvalue weighted by molar-refractivity contribution is 6.42. The molecule has 0 aliphatic carbocycles. The van der Waals surface area contributed by atoms with Crippen LogP contribution in [0.1, 0.15) is 18.1 Å². The van der Waals surface area contributed by atoms with Crippen molar-refractivity contribution in [3.63, 3.8) is 0 Å². The van der Waals surface area contributed by atoms with Gasteiger partial charge in [-0.3, -0.25) is 0 Å². The molecular weight excluding hydrogens is 321 g/mol. The lowest BCUT2D eigenvalue weighted by Gasteiger charge is -2.13. The van der Waals surface area contributed by atoms with Crippen LogP contribution >= 0.6 is 23.2 Å². The summed E-state index contributed by atoms with van der Waals surface area (Å²) in [5.74, 6) is 0.812. The number of aliphatic hydroxyl groups excluding tert-OH is 1. The van der Waals surface area contributed by atoms with Gasteiger partial charge in [0.15, 0.2) is 0 Å². The van der Waals surface area contributed by atoms with Gasteiger partial charge in [0.25, 0.3) is 0 Å². The van der Waals surface area contributed by atoms with E-state index in [4.69, 9.17) is 27.9 Å². The maximum atomic E-state index is 9.28. The third-order valence-corrected chi connectivity index (χ3v) is 3.85. The summed E-state index contributed by atoms with van der Waals surface area (Å²) in [6.45, 7) is 3.35. The molecule has 1 unspecified atom stereocenters. The highest BCUT2D eigenvalue weighted by Gasteiger charge is 2.05. The van der Waals surface area contributed by atoms with Gasteiger partial charge in [0.1, 0.15) is 12.4 Å². The Morgan fingerprint density at radius 3 is 2.64 bits per heavy atom. The largest absolute Gasteiger partial charge is 0.489 e. The number of halogens is 2. The Bertz CT molecular complexity index is 617. The predicted molar refractivity (Wildman–Crippen MR) is 90.6 cm³/mol. The van der Waals surface area contributed by atoms with Crippen LogP contribution in [-0.2, 0) is 13.2 Å². The van der Waals surface area contributed by atoms with Crippen LogP contribution in [0.4, 0.5) is 0 Å². The molecule has 22 heavy (non-hydrogen) atoms. The number of benzene rings is 2. The third-order valence-electron chi connectivity index (χ3n) is 3.11. The predicted octanol–water partition coefficient (Wildman–Crippen LogP) is 4.04. The molecule has 2 N–H and O–H groups in total. The molecule has 0 saturated heterocycles. The van der Waals surface area contributed by atoms with Gasteiger partial charge in [-0.1, -0.05) is 47.5 Å². The molecule has 0 bridgehead atoms. The van der Waals surface area contributed by atoms with Crippen LogP contribution < -0.4 is 10.1 Å². The van der Waals surface area contributed by atoms with Gasteiger partial charge >= 0.3 is 0 Å². The number of hydrogen-bond acceptors (Lipinski definition) is 3. The molecule has 3 nitrogen and oxygen atoms in total. The van der Waals surface area contributed by atoms with Crippen LogP contribution in [0.2, 0.25) is 10.0 Å². The lowest BCUT2D eigenvalue weighted by Crippen LogP contribution is -2.24. The van der Waals surface area contributed by atoms with Gasteiger partial charge in [0.05, 0.1) is 16.1 Å². The summed E-state index contributed by atoms with van der Waals surface area (Å²) in [5, 5.41) is 13.5. The second-order valence-corrected chi connectivity index (χ2v) is 5.94. The van der Waals surface area contributed by atoms with Crippen molar-refractivity contribution in [2.45, 2.75) is 26.2 Å². The molecule has 1 atom stereocenters. The molecule has 0 aliphatic rings. The molecule has 0 radical (unpaired) electrons. The van der Waals surface area contributed by atoms with Crippen molar-refractivity contribution in [1.82, 2.24) is 5.32 Å². The second-order valence-electron chi connectivity index (χ2n) is 5.12. The van der Waals surface area contributed by atoms with Gasteiger partial charge in [-0.25, -0.2) is 0 Å². The van der Waals surface area contributed by atoms with Crippen molar-refractivity contribution in [2.75, 3.05) is 6.54 Å². The van der Waals surface area contributed by atoms with E-state index < -0.39 is 0 Å². The fourth-order valence-electron chi connectivity index (χ4n) is 2.00. The maximum absolute atomic E-state index is 9.28. The van der Waals surface area contributed by atoms with Gasteiger partial charge in [0, 0.05) is 18.7 Å². The number of hydrogen-bond donors (Lipinski definition) is 2. The minimum Gasteiger partial charge on any atom is -0.489 e. The number of ether oxygens (including phenoxy) is 1. The lowest BCUT2D eigenvalue weighted by atomic mass is 10.2. The molecule has 0 saturated carbocycles. The highest BCUT2D eigenvalue weighted by Crippen LogP contribution is 2.24. The summed E-state index contributed by atoms with van der Waals surface area (Å²) in [6, 6.07) is 13.3. The molecule has 2 rings (SSSR count). The van der Waals surface area contributed by atoms with Crippen molar-refractivity contribution in [3.8, 4) is 5.75 Å². The van der Waals surface area contributed by atoms with Crippen molar-refractivity contribution in [1.29, 1.82) is 0 Å². The average molecular weight is 340 g/mol. The van der Waals surface area contributed by atoms with E-state index in [0.29, 0.717) is 29.7 Å². The van der Waals surface area contributed by atoms with Gasteiger partial charge in [-0.2, -0.15) is 0 Å². The number of para-hydroxylation sites is 1. The van der Waals surface area contributed by atoms with Crippen LogP contribution in [-0.4, -0.2) is 17.8 Å². The summed E-state index contributed by atoms with van der Waals surface area (Å²) in [4.78, 5) is 0. The third kappa shape index (κ3) is 5.18. The van der Waals surface area contributed by atoms with E-state index in [1.165, 1.54) is 0 Å². The first-order valence-corrected chi connectivity index (χ1v) is 7.85. The molecule has 0 heterocycles. The molecule has 0 amide bonds. The lowest BCUT2D eigenvalue weighted by molar-refractivity contribution is 0.190. The summed E-state index contributed by atoms with van der Waals surface area (Å²) in [6.07, 6.45) is -0.371. The summed E-state index contributed by atoms with van der Waals surface area (Å²) >= 11 is 11.9. The number of nitrogens with one attached hydrogen (secondary N) is 1. The molecule has 2 aromatic carbocycles. The summed E-state index contributed by atoms with van der Waals surface area (Å²) in [7, 11) is 0. The van der Waals surface area contributed by atoms with E-state index in [0.717, 1.165) is 16.9 Å². The Morgan fingerprint density at radius 2 is 1.91 bits per heavy atom. The fraction of sp³-hybridized carbons (Fsp3) is 0.294. The Hall–Kier alpha value is -1.26. The quantitative estimate of drug-likeness (QED) is 0.799. The zero-order chi connectivity index (χ0) is 15.9. The molecule has 0 aromatic heterocycles. The van der Waals surface area contributed by atoms with Crippen molar-refractivity contribution >= 4 is 23.2 Å². The van der Waals surface area contributed by atoms with E-state index in [1.807, 2.05) is 30.3 Å². The van der Waals surface area contributed by atoms with Crippen LogP contribution in [0, 0.1) is 0 Å². The molecule has 118 valence electrons. The monoisotopic (exact) mass is 339 g/mol. The van der Waals surface area contributed by atoms with Gasteiger partial charge in [-0.15, -0.1) is 0 Å². The molecule has 2 aromatic rings. The molecule has 0 aliphatic heterocycles. The van der Waals surface area contributed by atoms with E-state index in [-0.39, 0.29) is 6.10 Å². The number of rotatable bonds is 7. The SMILES string of the molecule is CC(O)CNCc1ccccc1OCc1ccc(Cl)c(Cl)c1. The summed E-state index contributed by atoms with van der Waals surface area (Å²) in [5.41, 5.74) is 2.00. The van der Waals surface area contributed by atoms with Crippen molar-refractivity contribution < 1.29 is 9.84 Å². The minimum absolute atomic E-state index is 0.371. The standard InChI is InChI=1S/C17H19Cl2NO2/c1-12(21)9-20-10-14-4-2-3-5-17(14)22-11-13-6-7-15(18)16(19)8-13/h2-8,12,20-21H,9-11H2,1H3. The number of aliphatic hydroxyl groups is 1. The zero-order valence-electron chi connectivity index (χ0n) is 12.4. The maximum Gasteiger partial charge on any atom is 0.124 e. The van der Waals surface area contributed by atoms with Crippen LogP contribution in [0.15, 0.2) is 42.5 Å². The first-order chi connectivity index (χ1) is 10.6. The van der Waals surface area contributed by atoms with E-state index in [9.17, 15) is 5.11 Å². The van der Waals surface area contributed by atoms with Gasteiger partial charge in [0.2, 0.25) is 0 Å². The van der Waals surface area contributed by atoms with Crippen LogP contribution in [0.25, 0.3) is 0 Å². The Kier molecular flexibility index (Phi) is 6.52. The topological polar surface area (TPSA) is 41.5 Å². The summed E-state index contributed by atoms with van der Waals surface area (Å²) < 4.78 is 5.87. The normalized spacial score (nSPS) is 12.2. The second kappa shape index (κ2) is 8.39. The van der Waals surface area contributed by atoms with Crippen molar-refractivity contribution in [3.05, 3.63) is 63.6 Å². The smallest absolute Gasteiger partial charge is 0.124 e. The molecule has 5 heteroatoms. The van der Waals surface area contributed by atoms with E-state index in [1.54, 1.807) is 19.1 Å². The first-order valence-electron chi connectivity index (χ1n) is 7.09. The fourth-order valence-corrected chi connectivity index (χ4v) is 2.32. The Balaban J connectivity index is 1.98. The zero-order valence-corrected chi connectivity index (χ0v) is 13.9. The highest BCUT2D eigenvalue weighted by atomic mass is 35.5. The van der Waals surface area contributed by atoms with Gasteiger partial charge in [-0.05, 0) is 30.7 Å². The minimum atomic E-state index is -0.371. The van der Waals surface area contributed by atoms with E-state index >= 15 is 0 Å². The molecular formula is C17H19Cl2NO2. The molecule has 0 fully saturated rings. The van der Waals surface area contributed by atoms with Crippen molar-refractivity contribution in [2.24, 2.45) is 0 Å². The Morgan fingerprint density at radius 1 is 1.14 bits per heavy atom. The Labute approximate surface area is 140 Å². The van der Waals surface area contributed by atoms with E-state index in [2.05, 4.69) is 5.32 Å².